The van der Waals surface area contributed by atoms with Gasteiger partial charge in [-0.2, -0.15) is 30.4 Å². The maximum atomic E-state index is 13.9. The van der Waals surface area contributed by atoms with Crippen LogP contribution in [0.25, 0.3) is 0 Å². The maximum absolute atomic E-state index is 13.9. The second kappa shape index (κ2) is 9.78. The minimum Gasteiger partial charge on any atom is -0.485 e. The topological polar surface area (TPSA) is 52.6 Å². The Kier molecular flexibility index (Phi) is 7.18. The molecule has 0 bridgehead atoms. The van der Waals surface area contributed by atoms with Crippen molar-refractivity contribution in [1.82, 2.24) is 0 Å². The van der Waals surface area contributed by atoms with Gasteiger partial charge in [-0.3, -0.25) is 0 Å². The molecule has 0 fully saturated rings. The number of aryl methyl sites for hydroxylation is 1. The molecule has 4 rings (SSSR count). The molecule has 1 aliphatic carbocycles. The maximum Gasteiger partial charge on any atom is 0.416 e. The van der Waals surface area contributed by atoms with E-state index in [1.165, 1.54) is 6.07 Å². The van der Waals surface area contributed by atoms with Crippen molar-refractivity contribution in [3.63, 3.8) is 0 Å². The summed E-state index contributed by atoms with van der Waals surface area (Å²) in [5.41, 5.74) is 0.0222. The molecule has 0 saturated heterocycles. The van der Waals surface area contributed by atoms with Crippen LogP contribution in [0.5, 0.6) is 11.5 Å². The Labute approximate surface area is 213 Å². The first-order valence-corrected chi connectivity index (χ1v) is 12.5. The quantitative estimate of drug-likeness (QED) is 0.130. The number of halogens is 9. The highest BCUT2D eigenvalue weighted by Gasteiger charge is 2.33. The molecule has 0 amide bonds. The zero-order valence-corrected chi connectivity index (χ0v) is 20.5. The molecule has 4 nitrogen and oxygen atoms in total. The van der Waals surface area contributed by atoms with Gasteiger partial charge in [0, 0.05) is 0 Å². The SMILES string of the molecule is O=S(=O)(Oc1c(F)c(F)c(F)c(F)c1F)c1ccc2c(c1)CCCC2Oc1ccc(C(F)(F)F)cc1Br. The van der Waals surface area contributed by atoms with E-state index < -0.39 is 67.7 Å². The van der Waals surface area contributed by atoms with E-state index in [-0.39, 0.29) is 10.2 Å². The second-order valence-electron chi connectivity index (χ2n) is 7.94. The Morgan fingerprint density at radius 3 is 2.08 bits per heavy atom. The molecule has 37 heavy (non-hydrogen) atoms. The van der Waals surface area contributed by atoms with E-state index in [0.717, 1.165) is 30.3 Å². The van der Waals surface area contributed by atoms with Crippen molar-refractivity contribution < 1.29 is 52.5 Å². The molecule has 1 atom stereocenters. The smallest absolute Gasteiger partial charge is 0.416 e. The molecule has 0 radical (unpaired) electrons. The molecule has 1 aliphatic rings. The van der Waals surface area contributed by atoms with Gasteiger partial charge < -0.3 is 8.92 Å². The van der Waals surface area contributed by atoms with Crippen LogP contribution in [0, 0.1) is 29.1 Å². The number of ether oxygens (including phenoxy) is 1. The first-order chi connectivity index (χ1) is 17.2. The molecule has 1 unspecified atom stereocenters. The predicted molar refractivity (Wildman–Crippen MR) is 116 cm³/mol. The Morgan fingerprint density at radius 2 is 1.49 bits per heavy atom. The Morgan fingerprint density at radius 1 is 0.865 bits per heavy atom. The third kappa shape index (κ3) is 5.26. The lowest BCUT2D eigenvalue weighted by atomic mass is 9.89. The average molecular weight is 617 g/mol. The third-order valence-corrected chi connectivity index (χ3v) is 7.39. The van der Waals surface area contributed by atoms with E-state index in [4.69, 9.17) is 4.74 Å². The van der Waals surface area contributed by atoms with Crippen LogP contribution in [0.2, 0.25) is 0 Å². The zero-order chi connectivity index (χ0) is 27.3. The van der Waals surface area contributed by atoms with Gasteiger partial charge in [-0.25, -0.2) is 13.2 Å². The van der Waals surface area contributed by atoms with Gasteiger partial charge in [0.2, 0.25) is 34.8 Å². The van der Waals surface area contributed by atoms with Crippen molar-refractivity contribution in [2.24, 2.45) is 0 Å². The highest BCUT2D eigenvalue weighted by atomic mass is 79.9. The van der Waals surface area contributed by atoms with Crippen molar-refractivity contribution in [2.45, 2.75) is 36.4 Å². The summed E-state index contributed by atoms with van der Waals surface area (Å²) in [7, 11) is -5.03. The Bertz CT molecular complexity index is 1460. The van der Waals surface area contributed by atoms with Crippen LogP contribution in [-0.2, 0) is 22.7 Å². The first kappa shape index (κ1) is 27.2. The van der Waals surface area contributed by atoms with E-state index in [9.17, 15) is 43.5 Å². The highest BCUT2D eigenvalue weighted by Crippen LogP contribution is 2.40. The van der Waals surface area contributed by atoms with Gasteiger partial charge in [0.05, 0.1) is 10.0 Å². The van der Waals surface area contributed by atoms with Crippen LogP contribution in [-0.4, -0.2) is 8.42 Å². The van der Waals surface area contributed by atoms with Gasteiger partial charge >= 0.3 is 16.3 Å². The summed E-state index contributed by atoms with van der Waals surface area (Å²) >= 11 is 3.04. The summed E-state index contributed by atoms with van der Waals surface area (Å²) in [5, 5.41) is 0. The van der Waals surface area contributed by atoms with Crippen LogP contribution < -0.4 is 8.92 Å². The number of rotatable bonds is 5. The second-order valence-corrected chi connectivity index (χ2v) is 10.3. The molecule has 14 heteroatoms. The summed E-state index contributed by atoms with van der Waals surface area (Å²) < 4.78 is 142. The van der Waals surface area contributed by atoms with Crippen LogP contribution in [0.4, 0.5) is 35.1 Å². The molecule has 0 heterocycles. The summed E-state index contributed by atoms with van der Waals surface area (Å²) in [6.07, 6.45) is -3.97. The lowest BCUT2D eigenvalue weighted by Crippen LogP contribution is -2.18. The van der Waals surface area contributed by atoms with Gasteiger partial charge in [-0.1, -0.05) is 6.07 Å². The lowest BCUT2D eigenvalue weighted by molar-refractivity contribution is -0.137. The van der Waals surface area contributed by atoms with Crippen LogP contribution in [0.15, 0.2) is 45.8 Å². The molecule has 0 aliphatic heterocycles. The summed E-state index contributed by atoms with van der Waals surface area (Å²) in [6, 6.07) is 6.24. The zero-order valence-electron chi connectivity index (χ0n) is 18.1. The number of hydrogen-bond donors (Lipinski definition) is 0. The highest BCUT2D eigenvalue weighted by molar-refractivity contribution is 9.10. The van der Waals surface area contributed by atoms with Gasteiger partial charge in [0.25, 0.3) is 0 Å². The fraction of sp³-hybridized carbons (Fsp3) is 0.217. The normalized spacial score (nSPS) is 15.9. The number of fused-ring (bicyclic) bond motifs is 1. The average Bonchev–Trinajstić information content (AvgIpc) is 2.84. The van der Waals surface area contributed by atoms with E-state index in [1.807, 2.05) is 0 Å². The van der Waals surface area contributed by atoms with Crippen LogP contribution in [0.3, 0.4) is 0 Å². The van der Waals surface area contributed by atoms with E-state index >= 15 is 0 Å². The van der Waals surface area contributed by atoms with Gasteiger partial charge in [0.15, 0.2) is 0 Å². The van der Waals surface area contributed by atoms with E-state index in [0.29, 0.717) is 30.4 Å². The summed E-state index contributed by atoms with van der Waals surface area (Å²) in [6.45, 7) is 0. The molecule has 3 aromatic rings. The summed E-state index contributed by atoms with van der Waals surface area (Å²) in [4.78, 5) is -0.619. The largest absolute Gasteiger partial charge is 0.485 e. The number of alkyl halides is 3. The fourth-order valence-corrected chi connectivity index (χ4v) is 5.22. The Hall–Kier alpha value is -2.87. The molecule has 3 aromatic carbocycles. The van der Waals surface area contributed by atoms with Crippen molar-refractivity contribution in [3.05, 3.63) is 86.6 Å². The molecule has 0 spiro atoms. The standard InChI is InChI=1S/C23H13BrF8O4S/c24-14-9-11(23(30,31)32)4-7-16(14)35-15-3-1-2-10-8-12(5-6-13(10)15)37(33,34)36-22-20(28)18(26)17(25)19(27)21(22)29/h4-9,15H,1-3H2. The van der Waals surface area contributed by atoms with Crippen LogP contribution >= 0.6 is 15.9 Å². The van der Waals surface area contributed by atoms with Gasteiger partial charge in [-0.05, 0) is 76.7 Å². The van der Waals surface area contributed by atoms with Crippen molar-refractivity contribution >= 4 is 26.0 Å². The van der Waals surface area contributed by atoms with Gasteiger partial charge in [0.1, 0.15) is 16.7 Å². The fourth-order valence-electron chi connectivity index (χ4n) is 3.77. The molecular weight excluding hydrogens is 604 g/mol. The number of benzene rings is 3. The first-order valence-electron chi connectivity index (χ1n) is 10.3. The third-order valence-electron chi connectivity index (χ3n) is 5.55. The lowest BCUT2D eigenvalue weighted by Gasteiger charge is -2.27. The van der Waals surface area contributed by atoms with Crippen LogP contribution in [0.1, 0.15) is 35.6 Å². The van der Waals surface area contributed by atoms with Crippen molar-refractivity contribution in [1.29, 1.82) is 0 Å². The molecule has 0 saturated carbocycles. The molecular formula is C23H13BrF8O4S. The van der Waals surface area contributed by atoms with Crippen molar-refractivity contribution in [3.8, 4) is 11.5 Å². The molecule has 0 N–H and O–H groups in total. The number of hydrogen-bond acceptors (Lipinski definition) is 4. The van der Waals surface area contributed by atoms with E-state index in [2.05, 4.69) is 20.1 Å². The summed E-state index contributed by atoms with van der Waals surface area (Å²) in [5.74, 6) is -14.0. The van der Waals surface area contributed by atoms with Gasteiger partial charge in [-0.15, -0.1) is 0 Å². The van der Waals surface area contributed by atoms with E-state index in [1.54, 1.807) is 0 Å². The predicted octanol–water partition coefficient (Wildman–Crippen LogP) is 7.39. The molecule has 0 aromatic heterocycles. The van der Waals surface area contributed by atoms with Crippen molar-refractivity contribution in [2.75, 3.05) is 0 Å². The monoisotopic (exact) mass is 616 g/mol. The minimum atomic E-state index is -5.03. The Balaban J connectivity index is 1.62. The molecule has 198 valence electrons. The minimum absolute atomic E-state index is 0.0462.